The number of aliphatic hydroxyl groups is 1. The standard InChI is InChI=1S/C35H31ClF2N6O2/c1-2-24-28(37)7-4-20-10-21(39)11-25(29(20)24)30-27(36)12-26-32(31(30)38)41-34(42-33(26)43-15-22-5-6-23(16-43)40-22)46-18-35-8-3-9-44(35)14-19(13-35)17-45/h1,4-7,10-12,17,22-23,40,45H,3,8-9,13-16,18,39H2/b19-17-. The molecule has 3 atom stereocenters. The molecular formula is C35H31ClF2N6O2. The number of nitrogen functional groups attached to an aromatic ring is 1. The molecule has 1 aromatic heterocycles. The van der Waals surface area contributed by atoms with Crippen molar-refractivity contribution in [3.63, 3.8) is 0 Å². The van der Waals surface area contributed by atoms with Crippen molar-refractivity contribution < 1.29 is 18.6 Å². The van der Waals surface area contributed by atoms with Crippen LogP contribution in [0.1, 0.15) is 24.8 Å². The number of hydrogen-bond donors (Lipinski definition) is 3. The van der Waals surface area contributed by atoms with E-state index in [0.717, 1.165) is 25.0 Å². The highest BCUT2D eigenvalue weighted by molar-refractivity contribution is 6.35. The van der Waals surface area contributed by atoms with Crippen molar-refractivity contribution in [1.82, 2.24) is 20.2 Å². The maximum absolute atomic E-state index is 17.1. The Kier molecular flexibility index (Phi) is 6.83. The van der Waals surface area contributed by atoms with Gasteiger partial charge in [0, 0.05) is 53.7 Å². The molecule has 3 unspecified atom stereocenters. The van der Waals surface area contributed by atoms with Gasteiger partial charge in [0.2, 0.25) is 0 Å². The first-order chi connectivity index (χ1) is 22.3. The molecule has 3 saturated heterocycles. The molecule has 8 nitrogen and oxygen atoms in total. The van der Waals surface area contributed by atoms with Crippen molar-refractivity contribution in [3.05, 3.63) is 76.5 Å². The molecule has 5 heterocycles. The molecule has 4 aromatic rings. The summed E-state index contributed by atoms with van der Waals surface area (Å²) in [6, 6.07) is 7.99. The molecule has 46 heavy (non-hydrogen) atoms. The first-order valence-corrected chi connectivity index (χ1v) is 15.7. The van der Waals surface area contributed by atoms with Gasteiger partial charge in [-0.1, -0.05) is 35.7 Å². The molecule has 4 N–H and O–H groups in total. The summed E-state index contributed by atoms with van der Waals surface area (Å²) in [6.45, 7) is 3.12. The predicted octanol–water partition coefficient (Wildman–Crippen LogP) is 5.72. The van der Waals surface area contributed by atoms with Crippen LogP contribution in [-0.2, 0) is 0 Å². The minimum atomic E-state index is -0.710. The summed E-state index contributed by atoms with van der Waals surface area (Å²) in [5.41, 5.74) is 7.56. The van der Waals surface area contributed by atoms with Crippen molar-refractivity contribution in [1.29, 1.82) is 0 Å². The fourth-order valence-electron chi connectivity index (χ4n) is 7.78. The maximum atomic E-state index is 17.1. The van der Waals surface area contributed by atoms with Crippen LogP contribution in [0.2, 0.25) is 5.02 Å². The number of anilines is 2. The molecule has 11 heteroatoms. The van der Waals surface area contributed by atoms with Gasteiger partial charge < -0.3 is 25.8 Å². The van der Waals surface area contributed by atoms with Gasteiger partial charge in [-0.15, -0.1) is 6.42 Å². The van der Waals surface area contributed by atoms with Gasteiger partial charge in [-0.05, 0) is 66.6 Å². The smallest absolute Gasteiger partial charge is 0.319 e. The van der Waals surface area contributed by atoms with E-state index in [-0.39, 0.29) is 57.5 Å². The highest BCUT2D eigenvalue weighted by Crippen LogP contribution is 2.44. The topological polar surface area (TPSA) is 99.8 Å². The minimum Gasteiger partial charge on any atom is -0.516 e. The van der Waals surface area contributed by atoms with Crippen LogP contribution in [0.3, 0.4) is 0 Å². The molecular weight excluding hydrogens is 610 g/mol. The number of nitrogens with one attached hydrogen (secondary N) is 1. The lowest BCUT2D eigenvalue weighted by Crippen LogP contribution is -2.52. The Hall–Kier alpha value is -4.43. The molecule has 3 fully saturated rings. The van der Waals surface area contributed by atoms with Gasteiger partial charge in [0.1, 0.15) is 23.8 Å². The second-order valence-corrected chi connectivity index (χ2v) is 13.1. The molecule has 234 valence electrons. The predicted molar refractivity (Wildman–Crippen MR) is 176 cm³/mol. The van der Waals surface area contributed by atoms with Crippen LogP contribution in [0.5, 0.6) is 6.01 Å². The van der Waals surface area contributed by atoms with Crippen molar-refractivity contribution >= 4 is 44.8 Å². The van der Waals surface area contributed by atoms with Crippen molar-refractivity contribution in [2.24, 2.45) is 0 Å². The Labute approximate surface area is 269 Å². The molecule has 2 bridgehead atoms. The Balaban J connectivity index is 1.30. The first-order valence-electron chi connectivity index (χ1n) is 15.3. The quantitative estimate of drug-likeness (QED) is 0.110. The third-order valence-electron chi connectivity index (χ3n) is 9.83. The number of nitrogens with two attached hydrogens (primary N) is 1. The van der Waals surface area contributed by atoms with Crippen LogP contribution >= 0.6 is 11.6 Å². The summed E-state index contributed by atoms with van der Waals surface area (Å²) in [5.74, 6) is 1.62. The average Bonchev–Trinajstić information content (AvgIpc) is 3.71. The largest absolute Gasteiger partial charge is 0.516 e. The number of terminal acetylenes is 1. The number of aromatic nitrogens is 2. The number of aliphatic hydroxyl groups excluding tert-OH is 1. The normalized spacial score (nSPS) is 24.7. The van der Waals surface area contributed by atoms with E-state index in [1.807, 2.05) is 0 Å². The van der Waals surface area contributed by atoms with Crippen molar-refractivity contribution in [3.8, 4) is 29.5 Å². The SMILES string of the molecule is C#Cc1c(F)ccc2cc(N)cc(-c3c(Cl)cc4c(N5CC6C=CC(C5)N6)nc(OCC56CCCN5C/C(=C\O)C6)nc4c3F)c12. The van der Waals surface area contributed by atoms with Gasteiger partial charge in [-0.25, -0.2) is 8.78 Å². The third kappa shape index (κ3) is 4.56. The van der Waals surface area contributed by atoms with Crippen LogP contribution < -0.4 is 20.7 Å². The second kappa shape index (κ2) is 10.8. The monoisotopic (exact) mass is 640 g/mol. The van der Waals surface area contributed by atoms with E-state index in [4.69, 9.17) is 33.5 Å². The van der Waals surface area contributed by atoms with E-state index in [0.29, 0.717) is 53.7 Å². The molecule has 0 radical (unpaired) electrons. The molecule has 0 amide bonds. The summed E-state index contributed by atoms with van der Waals surface area (Å²) in [6.07, 6.45) is 13.8. The second-order valence-electron chi connectivity index (χ2n) is 12.7. The van der Waals surface area contributed by atoms with Crippen molar-refractivity contribution in [2.75, 3.05) is 43.4 Å². The molecule has 4 aliphatic rings. The zero-order valence-corrected chi connectivity index (χ0v) is 25.6. The highest BCUT2D eigenvalue weighted by atomic mass is 35.5. The Bertz CT molecular complexity index is 2030. The summed E-state index contributed by atoms with van der Waals surface area (Å²) < 4.78 is 38.3. The first kappa shape index (κ1) is 29.0. The number of benzene rings is 3. The van der Waals surface area contributed by atoms with Crippen LogP contribution in [0, 0.1) is 24.0 Å². The Morgan fingerprint density at radius 1 is 1.20 bits per heavy atom. The molecule has 0 saturated carbocycles. The molecule has 0 spiro atoms. The number of ether oxygens (including phenoxy) is 1. The average molecular weight is 641 g/mol. The summed E-state index contributed by atoms with van der Waals surface area (Å²) >= 11 is 6.90. The van der Waals surface area contributed by atoms with Gasteiger partial charge >= 0.3 is 6.01 Å². The van der Waals surface area contributed by atoms with Crippen LogP contribution in [0.15, 0.2) is 54.3 Å². The third-order valence-corrected chi connectivity index (χ3v) is 10.1. The van der Waals surface area contributed by atoms with E-state index < -0.39 is 11.6 Å². The zero-order valence-electron chi connectivity index (χ0n) is 24.9. The number of fused-ring (bicyclic) bond motifs is 5. The fourth-order valence-corrected chi connectivity index (χ4v) is 8.08. The minimum absolute atomic E-state index is 0.00695. The van der Waals surface area contributed by atoms with Crippen LogP contribution in [0.4, 0.5) is 20.3 Å². The maximum Gasteiger partial charge on any atom is 0.319 e. The van der Waals surface area contributed by atoms with E-state index in [1.54, 1.807) is 24.3 Å². The zero-order chi connectivity index (χ0) is 31.7. The molecule has 0 aliphatic carbocycles. The number of rotatable bonds is 5. The number of halogens is 3. The van der Waals surface area contributed by atoms with Crippen molar-refractivity contribution in [2.45, 2.75) is 36.9 Å². The van der Waals surface area contributed by atoms with Gasteiger partial charge in [0.15, 0.2) is 5.82 Å². The molecule has 3 aromatic carbocycles. The lowest BCUT2D eigenvalue weighted by molar-refractivity contribution is 0.108. The van der Waals surface area contributed by atoms with Gasteiger partial charge in [0.25, 0.3) is 0 Å². The number of piperazine rings is 1. The van der Waals surface area contributed by atoms with Crippen LogP contribution in [-0.4, -0.2) is 70.4 Å². The van der Waals surface area contributed by atoms with E-state index in [9.17, 15) is 9.50 Å². The number of nitrogens with zero attached hydrogens (tertiary/aromatic N) is 4. The fraction of sp³-hybridized carbons (Fsp3) is 0.314. The van der Waals surface area contributed by atoms with Crippen LogP contribution in [0.25, 0.3) is 32.8 Å². The Morgan fingerprint density at radius 2 is 2.00 bits per heavy atom. The van der Waals surface area contributed by atoms with Gasteiger partial charge in [0.05, 0.1) is 22.4 Å². The summed E-state index contributed by atoms with van der Waals surface area (Å²) in [7, 11) is 0. The van der Waals surface area contributed by atoms with Gasteiger partial charge in [-0.2, -0.15) is 9.97 Å². The number of hydrogen-bond acceptors (Lipinski definition) is 8. The van der Waals surface area contributed by atoms with E-state index in [1.165, 1.54) is 12.3 Å². The lowest BCUT2D eigenvalue weighted by Gasteiger charge is -2.35. The van der Waals surface area contributed by atoms with Gasteiger partial charge in [-0.3, -0.25) is 4.90 Å². The van der Waals surface area contributed by atoms with E-state index >= 15 is 4.39 Å². The molecule has 4 aliphatic heterocycles. The van der Waals surface area contributed by atoms with E-state index in [2.05, 4.69) is 38.2 Å². The molecule has 8 rings (SSSR count). The Morgan fingerprint density at radius 3 is 2.76 bits per heavy atom. The summed E-state index contributed by atoms with van der Waals surface area (Å²) in [5, 5.41) is 14.7. The highest BCUT2D eigenvalue weighted by Gasteiger charge is 2.47. The summed E-state index contributed by atoms with van der Waals surface area (Å²) in [4.78, 5) is 13.9. The lowest BCUT2D eigenvalue weighted by atomic mass is 9.92.